The van der Waals surface area contributed by atoms with Crippen molar-refractivity contribution in [2.45, 2.75) is 39.5 Å². The molecule has 0 spiro atoms. The molecule has 0 aliphatic heterocycles. The molecule has 2 heteroatoms. The summed E-state index contributed by atoms with van der Waals surface area (Å²) in [6.45, 7) is 8.35. The number of phenolic OH excluding ortho intramolecular Hbond substituents is 1. The Morgan fingerprint density at radius 3 is 2.27 bits per heavy atom. The van der Waals surface area contributed by atoms with E-state index in [1.807, 2.05) is 6.07 Å². The van der Waals surface area contributed by atoms with Crippen LogP contribution in [0.2, 0.25) is 0 Å². The molecule has 0 aliphatic rings. The fourth-order valence-electron chi connectivity index (χ4n) is 1.60. The van der Waals surface area contributed by atoms with Gasteiger partial charge in [0.05, 0.1) is 7.11 Å². The first kappa shape index (κ1) is 11.9. The fourth-order valence-corrected chi connectivity index (χ4v) is 1.60. The van der Waals surface area contributed by atoms with Gasteiger partial charge in [-0.1, -0.05) is 33.8 Å². The van der Waals surface area contributed by atoms with E-state index in [4.69, 9.17) is 4.74 Å². The molecular weight excluding hydrogens is 188 g/mol. The summed E-state index contributed by atoms with van der Waals surface area (Å²) < 4.78 is 5.17. The highest BCUT2D eigenvalue weighted by Gasteiger charge is 2.21. The average molecular weight is 208 g/mol. The number of benzene rings is 1. The molecule has 1 rings (SSSR count). The fraction of sp³-hybridized carbons (Fsp3) is 0.538. The maximum absolute atomic E-state index is 10.0. The van der Waals surface area contributed by atoms with E-state index in [2.05, 4.69) is 33.8 Å². The van der Waals surface area contributed by atoms with Crippen molar-refractivity contribution in [2.24, 2.45) is 0 Å². The van der Waals surface area contributed by atoms with E-state index in [1.165, 1.54) is 5.56 Å². The summed E-state index contributed by atoms with van der Waals surface area (Å²) in [5.74, 6) is 0.835. The molecule has 0 bridgehead atoms. The van der Waals surface area contributed by atoms with Crippen molar-refractivity contribution < 1.29 is 9.84 Å². The van der Waals surface area contributed by atoms with Crippen molar-refractivity contribution in [2.75, 3.05) is 7.11 Å². The molecule has 0 fully saturated rings. The van der Waals surface area contributed by atoms with E-state index in [0.29, 0.717) is 5.75 Å². The Balaban J connectivity index is 3.37. The molecule has 0 heterocycles. The van der Waals surface area contributed by atoms with Gasteiger partial charge in [-0.05, 0) is 23.5 Å². The molecule has 1 N–H and O–H groups in total. The Kier molecular flexibility index (Phi) is 3.28. The van der Waals surface area contributed by atoms with Crippen LogP contribution in [0.5, 0.6) is 11.5 Å². The lowest BCUT2D eigenvalue weighted by Crippen LogP contribution is -2.12. The summed E-state index contributed by atoms with van der Waals surface area (Å²) in [5.41, 5.74) is 2.07. The molecule has 1 aromatic rings. The minimum atomic E-state index is -0.0669. The van der Waals surface area contributed by atoms with E-state index < -0.39 is 0 Å². The van der Waals surface area contributed by atoms with E-state index in [-0.39, 0.29) is 11.2 Å². The van der Waals surface area contributed by atoms with Crippen LogP contribution >= 0.6 is 0 Å². The first-order chi connectivity index (χ1) is 6.90. The lowest BCUT2D eigenvalue weighted by atomic mass is 9.85. The maximum Gasteiger partial charge on any atom is 0.161 e. The zero-order valence-corrected chi connectivity index (χ0v) is 10.2. The highest BCUT2D eigenvalue weighted by Crippen LogP contribution is 2.38. The number of methoxy groups -OCH3 is 1. The number of hydrogen-bond donors (Lipinski definition) is 1. The first-order valence-electron chi connectivity index (χ1n) is 5.30. The third kappa shape index (κ3) is 2.44. The summed E-state index contributed by atoms with van der Waals surface area (Å²) in [4.78, 5) is 0. The summed E-state index contributed by atoms with van der Waals surface area (Å²) in [7, 11) is 1.58. The normalized spacial score (nSPS) is 11.5. The van der Waals surface area contributed by atoms with Gasteiger partial charge in [-0.2, -0.15) is 0 Å². The SMILES string of the molecule is CCc1cc(OC)c(O)c(C(C)(C)C)c1. The Bertz CT molecular complexity index is 348. The van der Waals surface area contributed by atoms with E-state index >= 15 is 0 Å². The van der Waals surface area contributed by atoms with Crippen LogP contribution < -0.4 is 4.74 Å². The van der Waals surface area contributed by atoms with Crippen molar-refractivity contribution >= 4 is 0 Å². The van der Waals surface area contributed by atoms with Crippen molar-refractivity contribution in [3.8, 4) is 11.5 Å². The van der Waals surface area contributed by atoms with Crippen molar-refractivity contribution in [3.05, 3.63) is 23.3 Å². The molecule has 0 aromatic heterocycles. The van der Waals surface area contributed by atoms with E-state index in [0.717, 1.165) is 12.0 Å². The predicted octanol–water partition coefficient (Wildman–Crippen LogP) is 3.26. The first-order valence-corrected chi connectivity index (χ1v) is 5.30. The zero-order chi connectivity index (χ0) is 11.6. The minimum Gasteiger partial charge on any atom is -0.504 e. The van der Waals surface area contributed by atoms with Gasteiger partial charge in [-0.15, -0.1) is 0 Å². The minimum absolute atomic E-state index is 0.0669. The molecular formula is C13H20O2. The van der Waals surface area contributed by atoms with Gasteiger partial charge in [-0.3, -0.25) is 0 Å². The van der Waals surface area contributed by atoms with Crippen LogP contribution in [0.3, 0.4) is 0 Å². The van der Waals surface area contributed by atoms with Gasteiger partial charge >= 0.3 is 0 Å². The number of rotatable bonds is 2. The Morgan fingerprint density at radius 1 is 1.27 bits per heavy atom. The van der Waals surface area contributed by atoms with Crippen LogP contribution in [0.4, 0.5) is 0 Å². The highest BCUT2D eigenvalue weighted by molar-refractivity contribution is 5.51. The van der Waals surface area contributed by atoms with E-state index in [1.54, 1.807) is 7.11 Å². The smallest absolute Gasteiger partial charge is 0.161 e. The second kappa shape index (κ2) is 4.13. The molecule has 0 atom stereocenters. The Labute approximate surface area is 91.9 Å². The van der Waals surface area contributed by atoms with Crippen LogP contribution in [0.1, 0.15) is 38.8 Å². The Morgan fingerprint density at radius 2 is 1.87 bits per heavy atom. The van der Waals surface area contributed by atoms with Crippen molar-refractivity contribution in [3.63, 3.8) is 0 Å². The maximum atomic E-state index is 10.0. The largest absolute Gasteiger partial charge is 0.504 e. The van der Waals surface area contributed by atoms with Gasteiger partial charge in [0, 0.05) is 5.56 Å². The van der Waals surface area contributed by atoms with Crippen LogP contribution in [0, 0.1) is 0 Å². The molecule has 2 nitrogen and oxygen atoms in total. The lowest BCUT2D eigenvalue weighted by Gasteiger charge is -2.22. The molecule has 0 unspecified atom stereocenters. The number of aryl methyl sites for hydroxylation is 1. The Hall–Kier alpha value is -1.18. The van der Waals surface area contributed by atoms with Crippen LogP contribution in [-0.2, 0) is 11.8 Å². The number of hydrogen-bond acceptors (Lipinski definition) is 2. The molecule has 1 aromatic carbocycles. The lowest BCUT2D eigenvalue weighted by molar-refractivity contribution is 0.363. The topological polar surface area (TPSA) is 29.5 Å². The molecule has 84 valence electrons. The van der Waals surface area contributed by atoms with Gasteiger partial charge in [-0.25, -0.2) is 0 Å². The van der Waals surface area contributed by atoms with Gasteiger partial charge in [0.25, 0.3) is 0 Å². The predicted molar refractivity (Wildman–Crippen MR) is 62.7 cm³/mol. The summed E-state index contributed by atoms with van der Waals surface area (Å²) in [6, 6.07) is 3.95. The quantitative estimate of drug-likeness (QED) is 0.808. The third-order valence-corrected chi connectivity index (χ3v) is 2.57. The number of phenols is 1. The molecule has 0 aliphatic carbocycles. The van der Waals surface area contributed by atoms with Gasteiger partial charge in [0.1, 0.15) is 0 Å². The zero-order valence-electron chi connectivity index (χ0n) is 10.2. The summed E-state index contributed by atoms with van der Waals surface area (Å²) in [6.07, 6.45) is 0.944. The van der Waals surface area contributed by atoms with Crippen molar-refractivity contribution in [1.82, 2.24) is 0 Å². The molecule has 0 saturated heterocycles. The molecule has 0 radical (unpaired) electrons. The standard InChI is InChI=1S/C13H20O2/c1-6-9-7-10(13(2,3)4)12(14)11(8-9)15-5/h7-8,14H,6H2,1-5H3. The second-order valence-corrected chi connectivity index (χ2v) is 4.80. The van der Waals surface area contributed by atoms with Crippen molar-refractivity contribution in [1.29, 1.82) is 0 Å². The summed E-state index contributed by atoms with van der Waals surface area (Å²) in [5, 5.41) is 10.0. The van der Waals surface area contributed by atoms with E-state index in [9.17, 15) is 5.11 Å². The monoisotopic (exact) mass is 208 g/mol. The van der Waals surface area contributed by atoms with Gasteiger partial charge in [0.2, 0.25) is 0 Å². The van der Waals surface area contributed by atoms with Crippen LogP contribution in [0.15, 0.2) is 12.1 Å². The van der Waals surface area contributed by atoms with Crippen LogP contribution in [0.25, 0.3) is 0 Å². The molecule has 15 heavy (non-hydrogen) atoms. The second-order valence-electron chi connectivity index (χ2n) is 4.80. The third-order valence-electron chi connectivity index (χ3n) is 2.57. The average Bonchev–Trinajstić information content (AvgIpc) is 2.16. The van der Waals surface area contributed by atoms with Gasteiger partial charge in [0.15, 0.2) is 11.5 Å². The summed E-state index contributed by atoms with van der Waals surface area (Å²) >= 11 is 0. The highest BCUT2D eigenvalue weighted by atomic mass is 16.5. The molecule has 0 amide bonds. The molecule has 0 saturated carbocycles. The van der Waals surface area contributed by atoms with Crippen LogP contribution in [-0.4, -0.2) is 12.2 Å². The number of ether oxygens (including phenoxy) is 1. The van der Waals surface area contributed by atoms with Gasteiger partial charge < -0.3 is 9.84 Å². The number of aromatic hydroxyl groups is 1.